The highest BCUT2D eigenvalue weighted by atomic mass is 32.1. The zero-order chi connectivity index (χ0) is 13.7. The lowest BCUT2D eigenvalue weighted by atomic mass is 10.4. The van der Waals surface area contributed by atoms with Crippen LogP contribution in [0.5, 0.6) is 0 Å². The zero-order valence-electron chi connectivity index (χ0n) is 10.1. The van der Waals surface area contributed by atoms with E-state index in [1.165, 1.54) is 11.3 Å². The maximum atomic E-state index is 11.6. The summed E-state index contributed by atoms with van der Waals surface area (Å²) >= 11 is 1.44. The molecule has 0 radical (unpaired) electrons. The van der Waals surface area contributed by atoms with E-state index in [0.29, 0.717) is 5.82 Å². The fourth-order valence-electron chi connectivity index (χ4n) is 1.26. The molecular formula is C11H11N3O4S. The van der Waals surface area contributed by atoms with E-state index in [4.69, 9.17) is 4.52 Å². The van der Waals surface area contributed by atoms with Crippen LogP contribution in [-0.4, -0.2) is 35.2 Å². The molecule has 2 aromatic rings. The molecule has 2 aromatic heterocycles. The van der Waals surface area contributed by atoms with Crippen molar-refractivity contribution in [2.75, 3.05) is 13.2 Å². The fourth-order valence-corrected chi connectivity index (χ4v) is 1.91. The average molecular weight is 281 g/mol. The molecule has 0 atom stereocenters. The van der Waals surface area contributed by atoms with Gasteiger partial charge in [-0.15, -0.1) is 11.3 Å². The van der Waals surface area contributed by atoms with Crippen LogP contribution in [0.4, 0.5) is 0 Å². The van der Waals surface area contributed by atoms with Gasteiger partial charge in [0.2, 0.25) is 5.82 Å². The van der Waals surface area contributed by atoms with E-state index in [2.05, 4.69) is 20.2 Å². The summed E-state index contributed by atoms with van der Waals surface area (Å²) in [7, 11) is 0. The molecule has 19 heavy (non-hydrogen) atoms. The predicted octanol–water partition coefficient (Wildman–Crippen LogP) is 1.09. The van der Waals surface area contributed by atoms with Crippen LogP contribution in [0.2, 0.25) is 0 Å². The highest BCUT2D eigenvalue weighted by molar-refractivity contribution is 7.13. The number of thiophene rings is 1. The van der Waals surface area contributed by atoms with Gasteiger partial charge in [-0.25, -0.2) is 0 Å². The van der Waals surface area contributed by atoms with Gasteiger partial charge in [-0.1, -0.05) is 11.2 Å². The van der Waals surface area contributed by atoms with Crippen molar-refractivity contribution in [3.05, 3.63) is 23.4 Å². The van der Waals surface area contributed by atoms with Crippen molar-refractivity contribution in [1.29, 1.82) is 0 Å². The minimum absolute atomic E-state index is 0.187. The van der Waals surface area contributed by atoms with E-state index in [1.807, 2.05) is 17.5 Å². The minimum atomic E-state index is -0.608. The molecule has 0 unspecified atom stereocenters. The summed E-state index contributed by atoms with van der Waals surface area (Å²) in [5.41, 5.74) is 0. The molecule has 0 fully saturated rings. The van der Waals surface area contributed by atoms with Crippen molar-refractivity contribution < 1.29 is 18.8 Å². The maximum Gasteiger partial charge on any atom is 0.325 e. The first-order chi connectivity index (χ1) is 9.20. The van der Waals surface area contributed by atoms with Gasteiger partial charge in [0, 0.05) is 0 Å². The first kappa shape index (κ1) is 13.2. The van der Waals surface area contributed by atoms with Crippen LogP contribution < -0.4 is 5.32 Å². The molecule has 1 N–H and O–H groups in total. The molecule has 0 bridgehead atoms. The van der Waals surface area contributed by atoms with Crippen molar-refractivity contribution in [2.24, 2.45) is 0 Å². The van der Waals surface area contributed by atoms with Gasteiger partial charge in [-0.05, 0) is 18.4 Å². The highest BCUT2D eigenvalue weighted by Gasteiger charge is 2.17. The standard InChI is InChI=1S/C11H11N3O4S/c1-2-17-8(15)6-12-10(16)11-13-9(14-18-11)7-4-3-5-19-7/h3-5H,2,6H2,1H3,(H,12,16). The number of hydrogen-bond donors (Lipinski definition) is 1. The van der Waals surface area contributed by atoms with Crippen LogP contribution in [0.1, 0.15) is 17.6 Å². The number of ether oxygens (including phenoxy) is 1. The van der Waals surface area contributed by atoms with Crippen LogP contribution in [0.25, 0.3) is 10.7 Å². The second-order valence-corrected chi connectivity index (χ2v) is 4.34. The van der Waals surface area contributed by atoms with E-state index >= 15 is 0 Å². The lowest BCUT2D eigenvalue weighted by Gasteiger charge is -2.01. The van der Waals surface area contributed by atoms with Gasteiger partial charge < -0.3 is 14.6 Å². The van der Waals surface area contributed by atoms with Crippen LogP contribution in [0.15, 0.2) is 22.0 Å². The Balaban J connectivity index is 1.95. The number of esters is 1. The van der Waals surface area contributed by atoms with E-state index in [-0.39, 0.29) is 19.0 Å². The zero-order valence-corrected chi connectivity index (χ0v) is 10.9. The summed E-state index contributed by atoms with van der Waals surface area (Å²) in [4.78, 5) is 27.4. The summed E-state index contributed by atoms with van der Waals surface area (Å²) in [5.74, 6) is -0.971. The average Bonchev–Trinajstić information content (AvgIpc) is 3.06. The molecule has 1 amide bonds. The second kappa shape index (κ2) is 6.10. The Hall–Kier alpha value is -2.22. The molecule has 2 rings (SSSR count). The highest BCUT2D eigenvalue weighted by Crippen LogP contribution is 2.21. The third-order valence-electron chi connectivity index (χ3n) is 2.06. The van der Waals surface area contributed by atoms with Crippen molar-refractivity contribution in [3.63, 3.8) is 0 Å². The normalized spacial score (nSPS) is 10.2. The Bertz CT molecular complexity index is 564. The van der Waals surface area contributed by atoms with Gasteiger partial charge in [0.1, 0.15) is 6.54 Å². The van der Waals surface area contributed by atoms with Gasteiger partial charge in [0.15, 0.2) is 0 Å². The number of rotatable bonds is 5. The quantitative estimate of drug-likeness (QED) is 0.824. The number of nitrogens with zero attached hydrogens (tertiary/aromatic N) is 2. The maximum absolute atomic E-state index is 11.6. The number of nitrogens with one attached hydrogen (secondary N) is 1. The monoisotopic (exact) mass is 281 g/mol. The van der Waals surface area contributed by atoms with Gasteiger partial charge in [0.25, 0.3) is 0 Å². The number of amides is 1. The van der Waals surface area contributed by atoms with Crippen molar-refractivity contribution in [1.82, 2.24) is 15.5 Å². The molecule has 0 aliphatic rings. The topological polar surface area (TPSA) is 94.3 Å². The van der Waals surface area contributed by atoms with Crippen LogP contribution >= 0.6 is 11.3 Å². The lowest BCUT2D eigenvalue weighted by molar-refractivity contribution is -0.141. The predicted molar refractivity (Wildman–Crippen MR) is 66.6 cm³/mol. The third kappa shape index (κ3) is 3.38. The number of hydrogen-bond acceptors (Lipinski definition) is 7. The minimum Gasteiger partial charge on any atom is -0.465 e. The first-order valence-corrected chi connectivity index (χ1v) is 6.40. The van der Waals surface area contributed by atoms with E-state index in [0.717, 1.165) is 4.88 Å². The summed E-state index contributed by atoms with van der Waals surface area (Å²) in [6.45, 7) is 1.71. The lowest BCUT2D eigenvalue weighted by Crippen LogP contribution is -2.30. The molecule has 0 spiro atoms. The Morgan fingerprint density at radius 2 is 2.37 bits per heavy atom. The number of aromatic nitrogens is 2. The first-order valence-electron chi connectivity index (χ1n) is 5.52. The summed E-state index contributed by atoms with van der Waals surface area (Å²) in [5, 5.41) is 7.89. The molecule has 8 heteroatoms. The Labute approximate surface area is 112 Å². The fraction of sp³-hybridized carbons (Fsp3) is 0.273. The van der Waals surface area contributed by atoms with Crippen LogP contribution in [0, 0.1) is 0 Å². The van der Waals surface area contributed by atoms with Gasteiger partial charge in [-0.2, -0.15) is 4.98 Å². The molecule has 100 valence electrons. The Morgan fingerprint density at radius 3 is 3.05 bits per heavy atom. The second-order valence-electron chi connectivity index (χ2n) is 3.39. The van der Waals surface area contributed by atoms with Crippen molar-refractivity contribution >= 4 is 23.2 Å². The number of carbonyl (C=O) groups excluding carboxylic acids is 2. The van der Waals surface area contributed by atoms with Crippen molar-refractivity contribution in [2.45, 2.75) is 6.92 Å². The smallest absolute Gasteiger partial charge is 0.325 e. The molecule has 0 saturated carbocycles. The molecule has 0 aliphatic carbocycles. The Kier molecular flexibility index (Phi) is 4.24. The van der Waals surface area contributed by atoms with Crippen LogP contribution in [0.3, 0.4) is 0 Å². The van der Waals surface area contributed by atoms with Crippen molar-refractivity contribution in [3.8, 4) is 10.7 Å². The summed E-state index contributed by atoms with van der Waals surface area (Å²) < 4.78 is 9.50. The van der Waals surface area contributed by atoms with Crippen LogP contribution in [-0.2, 0) is 9.53 Å². The molecular weight excluding hydrogens is 270 g/mol. The van der Waals surface area contributed by atoms with E-state index in [1.54, 1.807) is 6.92 Å². The molecule has 0 saturated heterocycles. The third-order valence-corrected chi connectivity index (χ3v) is 2.93. The van der Waals surface area contributed by atoms with Gasteiger partial charge in [-0.3, -0.25) is 9.59 Å². The van der Waals surface area contributed by atoms with Gasteiger partial charge >= 0.3 is 17.8 Å². The number of carbonyl (C=O) groups is 2. The summed E-state index contributed by atoms with van der Waals surface area (Å²) in [6.07, 6.45) is 0. The summed E-state index contributed by atoms with van der Waals surface area (Å²) in [6, 6.07) is 3.66. The Morgan fingerprint density at radius 1 is 1.53 bits per heavy atom. The SMILES string of the molecule is CCOC(=O)CNC(=O)c1nc(-c2cccs2)no1. The molecule has 0 aliphatic heterocycles. The largest absolute Gasteiger partial charge is 0.465 e. The van der Waals surface area contributed by atoms with E-state index < -0.39 is 11.9 Å². The molecule has 0 aromatic carbocycles. The molecule has 7 nitrogen and oxygen atoms in total. The van der Waals surface area contributed by atoms with Gasteiger partial charge in [0.05, 0.1) is 11.5 Å². The van der Waals surface area contributed by atoms with E-state index in [9.17, 15) is 9.59 Å². The molecule has 2 heterocycles.